The predicted octanol–water partition coefficient (Wildman–Crippen LogP) is 2.65. The molecule has 1 N–H and O–H groups in total. The summed E-state index contributed by atoms with van der Waals surface area (Å²) >= 11 is 5.85. The Balaban J connectivity index is 1.94. The van der Waals surface area contributed by atoms with E-state index >= 15 is 0 Å². The van der Waals surface area contributed by atoms with Crippen LogP contribution < -0.4 is 5.32 Å². The molecular weight excluding hydrogens is 224 g/mol. The molecule has 1 aromatic rings. The van der Waals surface area contributed by atoms with Crippen LogP contribution >= 0.6 is 11.6 Å². The van der Waals surface area contributed by atoms with E-state index in [1.54, 1.807) is 18.3 Å². The summed E-state index contributed by atoms with van der Waals surface area (Å²) in [5, 5.41) is 3.21. The van der Waals surface area contributed by atoms with E-state index in [2.05, 4.69) is 10.3 Å². The molecule has 0 spiro atoms. The molecule has 4 heteroatoms. The second-order valence-corrected chi connectivity index (χ2v) is 4.75. The van der Waals surface area contributed by atoms with Gasteiger partial charge in [0.2, 0.25) is 0 Å². The van der Waals surface area contributed by atoms with Crippen LogP contribution in [0.1, 0.15) is 36.5 Å². The third kappa shape index (κ3) is 2.95. The van der Waals surface area contributed by atoms with Gasteiger partial charge >= 0.3 is 0 Å². The molecule has 1 aliphatic rings. The normalized spacial score (nSPS) is 16.9. The van der Waals surface area contributed by atoms with Crippen LogP contribution in [0.5, 0.6) is 0 Å². The quantitative estimate of drug-likeness (QED) is 0.820. The third-order valence-electron chi connectivity index (χ3n) is 2.77. The monoisotopic (exact) mass is 238 g/mol. The van der Waals surface area contributed by atoms with Gasteiger partial charge in [-0.25, -0.2) is 4.98 Å². The lowest BCUT2D eigenvalue weighted by Crippen LogP contribution is -2.33. The molecule has 0 aromatic carbocycles. The minimum atomic E-state index is -0.133. The number of nitrogens with zero attached hydrogens (tertiary/aromatic N) is 1. The smallest absolute Gasteiger partial charge is 0.254 e. The molecule has 1 unspecified atom stereocenters. The number of halogens is 1. The van der Waals surface area contributed by atoms with Crippen LogP contribution in [0.25, 0.3) is 0 Å². The average molecular weight is 239 g/mol. The van der Waals surface area contributed by atoms with Gasteiger partial charge in [0, 0.05) is 12.2 Å². The molecule has 1 fully saturated rings. The fraction of sp³-hybridized carbons (Fsp3) is 0.500. The van der Waals surface area contributed by atoms with Crippen molar-refractivity contribution in [3.63, 3.8) is 0 Å². The number of aromatic nitrogens is 1. The summed E-state index contributed by atoms with van der Waals surface area (Å²) < 4.78 is 0. The summed E-state index contributed by atoms with van der Waals surface area (Å²) in [5.41, 5.74) is 0.451. The van der Waals surface area contributed by atoms with Gasteiger partial charge in [-0.15, -0.1) is 0 Å². The van der Waals surface area contributed by atoms with Gasteiger partial charge in [-0.3, -0.25) is 4.79 Å². The van der Waals surface area contributed by atoms with Crippen molar-refractivity contribution < 1.29 is 4.79 Å². The van der Waals surface area contributed by atoms with E-state index in [1.807, 2.05) is 6.92 Å². The zero-order valence-electron chi connectivity index (χ0n) is 9.24. The van der Waals surface area contributed by atoms with Crippen molar-refractivity contribution in [2.24, 2.45) is 5.92 Å². The highest BCUT2D eigenvalue weighted by Crippen LogP contribution is 2.33. The lowest BCUT2D eigenvalue weighted by atomic mass is 10.1. The van der Waals surface area contributed by atoms with E-state index in [4.69, 9.17) is 11.6 Å². The van der Waals surface area contributed by atoms with E-state index in [0.29, 0.717) is 5.56 Å². The average Bonchev–Trinajstić information content (AvgIpc) is 3.01. The van der Waals surface area contributed by atoms with Crippen molar-refractivity contribution in [1.29, 1.82) is 0 Å². The van der Waals surface area contributed by atoms with Crippen LogP contribution in [0.4, 0.5) is 0 Å². The Bertz CT molecular complexity index is 390. The number of nitrogens with one attached hydrogen (secondary N) is 1. The van der Waals surface area contributed by atoms with Crippen molar-refractivity contribution in [2.75, 3.05) is 0 Å². The second kappa shape index (κ2) is 4.83. The predicted molar refractivity (Wildman–Crippen MR) is 63.5 cm³/mol. The summed E-state index contributed by atoms with van der Waals surface area (Å²) in [7, 11) is 0. The molecule has 1 amide bonds. The second-order valence-electron chi connectivity index (χ2n) is 4.40. The fourth-order valence-electron chi connectivity index (χ4n) is 1.77. The van der Waals surface area contributed by atoms with Gasteiger partial charge in [0.1, 0.15) is 5.15 Å². The molecule has 1 aliphatic carbocycles. The fourth-order valence-corrected chi connectivity index (χ4v) is 1.97. The summed E-state index contributed by atoms with van der Waals surface area (Å²) in [6, 6.07) is 3.61. The Morgan fingerprint density at radius 2 is 2.44 bits per heavy atom. The van der Waals surface area contributed by atoms with Crippen LogP contribution in [-0.4, -0.2) is 16.9 Å². The maximum atomic E-state index is 11.8. The first-order valence-corrected chi connectivity index (χ1v) is 5.96. The lowest BCUT2D eigenvalue weighted by Gasteiger charge is -2.13. The molecule has 0 radical (unpaired) electrons. The SMILES string of the molecule is CC(CC1CC1)NC(=O)c1cccnc1Cl. The van der Waals surface area contributed by atoms with Crippen LogP contribution in [0, 0.1) is 5.92 Å². The largest absolute Gasteiger partial charge is 0.349 e. The van der Waals surface area contributed by atoms with Crippen molar-refractivity contribution >= 4 is 17.5 Å². The highest BCUT2D eigenvalue weighted by molar-refractivity contribution is 6.32. The number of hydrogen-bond acceptors (Lipinski definition) is 2. The van der Waals surface area contributed by atoms with Crippen molar-refractivity contribution in [1.82, 2.24) is 10.3 Å². The lowest BCUT2D eigenvalue weighted by molar-refractivity contribution is 0.0937. The summed E-state index contributed by atoms with van der Waals surface area (Å²) in [6.07, 6.45) is 5.23. The molecule has 16 heavy (non-hydrogen) atoms. The van der Waals surface area contributed by atoms with Gasteiger partial charge in [0.25, 0.3) is 5.91 Å². The first-order chi connectivity index (χ1) is 7.66. The third-order valence-corrected chi connectivity index (χ3v) is 3.07. The number of amides is 1. The molecule has 3 nitrogen and oxygen atoms in total. The Kier molecular flexibility index (Phi) is 3.44. The van der Waals surface area contributed by atoms with Gasteiger partial charge in [0.05, 0.1) is 5.56 Å². The van der Waals surface area contributed by atoms with Crippen LogP contribution in [0.2, 0.25) is 5.15 Å². The maximum Gasteiger partial charge on any atom is 0.254 e. The van der Waals surface area contributed by atoms with Crippen LogP contribution in [-0.2, 0) is 0 Å². The molecule has 1 saturated carbocycles. The summed E-state index contributed by atoms with van der Waals surface area (Å²) in [6.45, 7) is 2.03. The van der Waals surface area contributed by atoms with Gasteiger partial charge in [0.15, 0.2) is 0 Å². The Morgan fingerprint density at radius 3 is 3.06 bits per heavy atom. The van der Waals surface area contributed by atoms with Gasteiger partial charge in [-0.2, -0.15) is 0 Å². The zero-order chi connectivity index (χ0) is 11.5. The topological polar surface area (TPSA) is 42.0 Å². The van der Waals surface area contributed by atoms with Crippen molar-refractivity contribution in [3.8, 4) is 0 Å². The number of carbonyl (C=O) groups excluding carboxylic acids is 1. The minimum Gasteiger partial charge on any atom is -0.349 e. The van der Waals surface area contributed by atoms with Gasteiger partial charge in [-0.05, 0) is 31.4 Å². The summed E-state index contributed by atoms with van der Waals surface area (Å²) in [4.78, 5) is 15.7. The maximum absolute atomic E-state index is 11.8. The minimum absolute atomic E-state index is 0.133. The molecule has 0 bridgehead atoms. The highest BCUT2D eigenvalue weighted by atomic mass is 35.5. The molecule has 1 atom stereocenters. The first-order valence-electron chi connectivity index (χ1n) is 5.58. The number of rotatable bonds is 4. The van der Waals surface area contributed by atoms with Gasteiger partial charge < -0.3 is 5.32 Å². The van der Waals surface area contributed by atoms with Crippen LogP contribution in [0.3, 0.4) is 0 Å². The first kappa shape index (κ1) is 11.4. The van der Waals surface area contributed by atoms with E-state index in [-0.39, 0.29) is 17.1 Å². The molecular formula is C12H15ClN2O. The Hall–Kier alpha value is -1.09. The van der Waals surface area contributed by atoms with E-state index in [9.17, 15) is 4.79 Å². The Morgan fingerprint density at radius 1 is 1.69 bits per heavy atom. The van der Waals surface area contributed by atoms with E-state index in [1.165, 1.54) is 12.8 Å². The molecule has 2 rings (SSSR count). The zero-order valence-corrected chi connectivity index (χ0v) is 10.00. The highest BCUT2D eigenvalue weighted by Gasteiger charge is 2.24. The number of hydrogen-bond donors (Lipinski definition) is 1. The Labute approximate surface area is 100 Å². The van der Waals surface area contributed by atoms with Crippen molar-refractivity contribution in [3.05, 3.63) is 29.0 Å². The van der Waals surface area contributed by atoms with Gasteiger partial charge in [-0.1, -0.05) is 24.4 Å². The molecule has 0 saturated heterocycles. The van der Waals surface area contributed by atoms with Crippen molar-refractivity contribution in [2.45, 2.75) is 32.2 Å². The molecule has 1 heterocycles. The summed E-state index contributed by atoms with van der Waals surface area (Å²) in [5.74, 6) is 0.672. The number of carbonyl (C=O) groups is 1. The van der Waals surface area contributed by atoms with Crippen LogP contribution in [0.15, 0.2) is 18.3 Å². The molecule has 0 aliphatic heterocycles. The standard InChI is InChI=1S/C12H15ClN2O/c1-8(7-9-4-5-9)15-12(16)10-3-2-6-14-11(10)13/h2-3,6,8-9H,4-5,7H2,1H3,(H,15,16). The molecule has 1 aromatic heterocycles. The molecule has 86 valence electrons. The number of pyridine rings is 1. The van der Waals surface area contributed by atoms with E-state index in [0.717, 1.165) is 12.3 Å². The van der Waals surface area contributed by atoms with E-state index < -0.39 is 0 Å².